The summed E-state index contributed by atoms with van der Waals surface area (Å²) < 4.78 is 35.8. The minimum absolute atomic E-state index is 0.0400. The van der Waals surface area contributed by atoms with Crippen LogP contribution in [0, 0.1) is 0 Å². The van der Waals surface area contributed by atoms with Gasteiger partial charge in [0.25, 0.3) is 0 Å². The van der Waals surface area contributed by atoms with Crippen molar-refractivity contribution in [2.24, 2.45) is 0 Å². The predicted molar refractivity (Wildman–Crippen MR) is 180 cm³/mol. The van der Waals surface area contributed by atoms with Gasteiger partial charge in [0.05, 0.1) is 22.3 Å². The number of carboxylic acid groups (broad SMARTS) is 1. The maximum absolute atomic E-state index is 13.6. The first-order chi connectivity index (χ1) is 24.8. The number of hydrogen-bond donors (Lipinski definition) is 1. The third-order valence-electron chi connectivity index (χ3n) is 7.80. The number of hydrogen-bond acceptors (Lipinski definition) is 11. The van der Waals surface area contributed by atoms with Crippen molar-refractivity contribution in [2.45, 2.75) is 50.0 Å². The third-order valence-corrected chi connectivity index (χ3v) is 7.80. The van der Waals surface area contributed by atoms with E-state index in [0.717, 1.165) is 0 Å². The van der Waals surface area contributed by atoms with Crippen LogP contribution in [0.2, 0.25) is 0 Å². The minimum Gasteiger partial charge on any atom is -0.481 e. The second kappa shape index (κ2) is 18.2. The number of carbonyl (C=O) groups excluding carboxylic acids is 4. The van der Waals surface area contributed by atoms with Crippen LogP contribution in [-0.4, -0.2) is 78.9 Å². The van der Waals surface area contributed by atoms with Crippen LogP contribution in [0.15, 0.2) is 121 Å². The Labute approximate surface area is 293 Å². The monoisotopic (exact) mass is 696 g/mol. The molecule has 1 saturated heterocycles. The number of unbranched alkanes of at least 4 members (excludes halogenated alkanes) is 1. The first kappa shape index (κ1) is 36.4. The zero-order valence-electron chi connectivity index (χ0n) is 27.4. The van der Waals surface area contributed by atoms with Gasteiger partial charge in [-0.25, -0.2) is 19.2 Å². The molecule has 0 spiro atoms. The van der Waals surface area contributed by atoms with Crippen LogP contribution >= 0.6 is 0 Å². The molecule has 1 aliphatic heterocycles. The van der Waals surface area contributed by atoms with Gasteiger partial charge in [0.2, 0.25) is 0 Å². The fraction of sp³-hybridized carbons (Fsp3) is 0.256. The molecule has 12 heteroatoms. The molecular weight excluding hydrogens is 660 g/mol. The number of rotatable bonds is 15. The Morgan fingerprint density at radius 3 is 1.39 bits per heavy atom. The molecule has 1 aliphatic rings. The lowest BCUT2D eigenvalue weighted by Crippen LogP contribution is -2.63. The third kappa shape index (κ3) is 10.3. The van der Waals surface area contributed by atoms with Gasteiger partial charge in [-0.3, -0.25) is 4.79 Å². The van der Waals surface area contributed by atoms with E-state index < -0.39 is 67.2 Å². The second-order valence-electron chi connectivity index (χ2n) is 11.4. The summed E-state index contributed by atoms with van der Waals surface area (Å²) in [6, 6.07) is 32.3. The smallest absolute Gasteiger partial charge is 0.338 e. The van der Waals surface area contributed by atoms with Gasteiger partial charge in [0.1, 0.15) is 12.7 Å². The normalized spacial score (nSPS) is 19.6. The number of carbonyl (C=O) groups is 5. The van der Waals surface area contributed by atoms with Crippen molar-refractivity contribution in [3.05, 3.63) is 144 Å². The van der Waals surface area contributed by atoms with E-state index in [1.807, 2.05) is 0 Å². The van der Waals surface area contributed by atoms with E-state index in [0.29, 0.717) is 6.42 Å². The fourth-order valence-electron chi connectivity index (χ4n) is 5.24. The topological polar surface area (TPSA) is 161 Å². The van der Waals surface area contributed by atoms with E-state index in [1.54, 1.807) is 84.9 Å². The van der Waals surface area contributed by atoms with Crippen LogP contribution in [0.1, 0.15) is 60.7 Å². The van der Waals surface area contributed by atoms with Crippen LogP contribution in [0.4, 0.5) is 0 Å². The minimum atomic E-state index is -1.55. The van der Waals surface area contributed by atoms with Gasteiger partial charge in [-0.1, -0.05) is 72.8 Å². The second-order valence-corrected chi connectivity index (χ2v) is 11.4. The Morgan fingerprint density at radius 2 is 0.941 bits per heavy atom. The summed E-state index contributed by atoms with van der Waals surface area (Å²) in [5.74, 6) is -4.13. The average molecular weight is 697 g/mol. The molecule has 5 atom stereocenters. The summed E-state index contributed by atoms with van der Waals surface area (Å²) in [5.41, 5.74) is 0.741. The van der Waals surface area contributed by atoms with Crippen molar-refractivity contribution in [3.8, 4) is 0 Å². The highest BCUT2D eigenvalue weighted by atomic mass is 16.7. The Bertz CT molecular complexity index is 1750. The molecule has 0 amide bonds. The Hall–Kier alpha value is -5.85. The van der Waals surface area contributed by atoms with Gasteiger partial charge in [0, 0.05) is 13.0 Å². The molecule has 1 N–H and O–H groups in total. The molecular formula is C39H36O12. The first-order valence-electron chi connectivity index (χ1n) is 16.3. The summed E-state index contributed by atoms with van der Waals surface area (Å²) in [6.45, 7) is -0.528. The number of aliphatic carboxylic acids is 1. The van der Waals surface area contributed by atoms with E-state index in [1.165, 1.54) is 36.4 Å². The zero-order valence-corrected chi connectivity index (χ0v) is 27.4. The molecule has 264 valence electrons. The lowest BCUT2D eigenvalue weighted by atomic mass is 9.97. The number of ether oxygens (including phenoxy) is 6. The highest BCUT2D eigenvalue weighted by Gasteiger charge is 2.53. The quantitative estimate of drug-likeness (QED) is 0.0944. The van der Waals surface area contributed by atoms with Crippen molar-refractivity contribution in [3.63, 3.8) is 0 Å². The van der Waals surface area contributed by atoms with E-state index >= 15 is 0 Å². The molecule has 1 heterocycles. The van der Waals surface area contributed by atoms with Crippen molar-refractivity contribution < 1.29 is 57.5 Å². The molecule has 12 nitrogen and oxygen atoms in total. The van der Waals surface area contributed by atoms with Crippen molar-refractivity contribution >= 4 is 29.8 Å². The summed E-state index contributed by atoms with van der Waals surface area (Å²) >= 11 is 0. The zero-order chi connectivity index (χ0) is 36.0. The first-order valence-corrected chi connectivity index (χ1v) is 16.3. The largest absolute Gasteiger partial charge is 0.481 e. The van der Waals surface area contributed by atoms with E-state index in [2.05, 4.69) is 0 Å². The average Bonchev–Trinajstić information content (AvgIpc) is 3.16. The summed E-state index contributed by atoms with van der Waals surface area (Å²) in [5, 5.41) is 9.07. The Kier molecular flexibility index (Phi) is 13.0. The maximum Gasteiger partial charge on any atom is 0.338 e. The molecule has 3 unspecified atom stereocenters. The Balaban J connectivity index is 1.52. The standard InChI is InChI=1S/C39H36O12/c40-31(41)23-13-14-24-46-39-34(51-38(45)29-21-11-4-12-22-29)33(50-37(44)28-19-9-3-10-20-28)32(49-36(43)27-17-7-2-8-18-27)30(48-39)25-47-35(42)26-15-5-1-6-16-26/h1-12,15-22,30,32-34,39H,13-14,23-25H2,(H,40,41)/t30?,32-,33?,34?,39+/m1/s1. The van der Waals surface area contributed by atoms with E-state index in [9.17, 15) is 24.0 Å². The van der Waals surface area contributed by atoms with Gasteiger partial charge < -0.3 is 33.5 Å². The van der Waals surface area contributed by atoms with Crippen molar-refractivity contribution in [1.29, 1.82) is 0 Å². The van der Waals surface area contributed by atoms with Crippen LogP contribution in [0.25, 0.3) is 0 Å². The molecule has 51 heavy (non-hydrogen) atoms. The molecule has 0 bridgehead atoms. The van der Waals surface area contributed by atoms with Crippen LogP contribution in [0.5, 0.6) is 0 Å². The van der Waals surface area contributed by atoms with E-state index in [-0.39, 0.29) is 41.7 Å². The molecule has 0 radical (unpaired) electrons. The van der Waals surface area contributed by atoms with Crippen LogP contribution in [0.3, 0.4) is 0 Å². The van der Waals surface area contributed by atoms with Gasteiger partial charge in [-0.05, 0) is 61.4 Å². The Morgan fingerprint density at radius 1 is 0.529 bits per heavy atom. The summed E-state index contributed by atoms with van der Waals surface area (Å²) in [4.78, 5) is 64.7. The van der Waals surface area contributed by atoms with Crippen LogP contribution < -0.4 is 0 Å². The summed E-state index contributed by atoms with van der Waals surface area (Å²) in [7, 11) is 0. The van der Waals surface area contributed by atoms with Crippen molar-refractivity contribution in [2.75, 3.05) is 13.2 Å². The molecule has 1 fully saturated rings. The highest BCUT2D eigenvalue weighted by molar-refractivity contribution is 5.91. The molecule has 0 saturated carbocycles. The van der Waals surface area contributed by atoms with Gasteiger partial charge in [-0.2, -0.15) is 0 Å². The van der Waals surface area contributed by atoms with Crippen LogP contribution in [-0.2, 0) is 33.2 Å². The number of carboxylic acids is 1. The molecule has 4 aromatic carbocycles. The number of benzene rings is 4. The predicted octanol–water partition coefficient (Wildman–Crippen LogP) is 5.52. The highest BCUT2D eigenvalue weighted by Crippen LogP contribution is 2.32. The molecule has 4 aromatic rings. The molecule has 0 aliphatic carbocycles. The SMILES string of the molecule is O=C(O)CCCCO[C@H]1OC(COC(=O)c2ccccc2)[C@@H](OC(=O)c2ccccc2)C(OC(=O)c2ccccc2)C1OC(=O)c1ccccc1. The van der Waals surface area contributed by atoms with E-state index in [4.69, 9.17) is 33.5 Å². The lowest BCUT2D eigenvalue weighted by molar-refractivity contribution is -0.298. The summed E-state index contributed by atoms with van der Waals surface area (Å²) in [6.07, 6.45) is -6.82. The van der Waals surface area contributed by atoms with Gasteiger partial charge in [0.15, 0.2) is 24.6 Å². The van der Waals surface area contributed by atoms with Gasteiger partial charge in [-0.15, -0.1) is 0 Å². The number of esters is 4. The maximum atomic E-state index is 13.6. The molecule has 0 aromatic heterocycles. The van der Waals surface area contributed by atoms with Gasteiger partial charge >= 0.3 is 29.8 Å². The lowest BCUT2D eigenvalue weighted by Gasteiger charge is -2.44. The van der Waals surface area contributed by atoms with Crippen molar-refractivity contribution in [1.82, 2.24) is 0 Å². The fourth-order valence-corrected chi connectivity index (χ4v) is 5.24. The molecule has 5 rings (SSSR count).